The summed E-state index contributed by atoms with van der Waals surface area (Å²) in [5.74, 6) is 0.401. The highest BCUT2D eigenvalue weighted by molar-refractivity contribution is 7.89. The van der Waals surface area contributed by atoms with E-state index in [1.54, 1.807) is 12.1 Å². The maximum Gasteiger partial charge on any atom is 0.240 e. The fourth-order valence-electron chi connectivity index (χ4n) is 2.31. The summed E-state index contributed by atoms with van der Waals surface area (Å²) < 4.78 is 27.0. The minimum atomic E-state index is -3.36. The first-order valence-electron chi connectivity index (χ1n) is 6.91. The fraction of sp³-hybridized carbons (Fsp3) is 0.571. The van der Waals surface area contributed by atoms with Gasteiger partial charge in [-0.15, -0.1) is 0 Å². The lowest BCUT2D eigenvalue weighted by Crippen LogP contribution is -2.38. The number of sulfonamides is 1. The summed E-state index contributed by atoms with van der Waals surface area (Å²) in [6, 6.07) is 7.11. The van der Waals surface area contributed by atoms with Gasteiger partial charge in [0.25, 0.3) is 0 Å². The summed E-state index contributed by atoms with van der Waals surface area (Å²) in [5.41, 5.74) is 1.15. The largest absolute Gasteiger partial charge is 0.316 e. The molecular formula is C14H22N2O2S. The first-order chi connectivity index (χ1) is 9.12. The molecule has 0 saturated carbocycles. The normalized spacial score (nSPS) is 20.4. The summed E-state index contributed by atoms with van der Waals surface area (Å²) in [6.45, 7) is 4.52. The third kappa shape index (κ3) is 4.03. The number of benzene rings is 1. The number of aryl methyl sites for hydroxylation is 1. The van der Waals surface area contributed by atoms with Crippen molar-refractivity contribution in [2.75, 3.05) is 19.6 Å². The number of hydrogen-bond acceptors (Lipinski definition) is 3. The Balaban J connectivity index is 1.96. The van der Waals surface area contributed by atoms with Gasteiger partial charge in [0.1, 0.15) is 0 Å². The molecule has 2 rings (SSSR count). The van der Waals surface area contributed by atoms with Crippen LogP contribution in [0.2, 0.25) is 0 Å². The molecule has 0 aromatic heterocycles. The molecule has 0 bridgehead atoms. The molecule has 1 saturated heterocycles. The Labute approximate surface area is 115 Å². The van der Waals surface area contributed by atoms with E-state index in [1.807, 2.05) is 12.1 Å². The molecule has 0 radical (unpaired) electrons. The minimum absolute atomic E-state index is 0.355. The van der Waals surface area contributed by atoms with Gasteiger partial charge < -0.3 is 5.32 Å². The molecule has 1 heterocycles. The first-order valence-corrected chi connectivity index (χ1v) is 8.39. The number of nitrogens with one attached hydrogen (secondary N) is 2. The topological polar surface area (TPSA) is 58.2 Å². The quantitative estimate of drug-likeness (QED) is 0.861. The average molecular weight is 282 g/mol. The highest BCUT2D eigenvalue weighted by atomic mass is 32.2. The first kappa shape index (κ1) is 14.5. The zero-order chi connectivity index (χ0) is 13.7. The van der Waals surface area contributed by atoms with Gasteiger partial charge in [0.15, 0.2) is 0 Å². The van der Waals surface area contributed by atoms with Crippen LogP contribution in [0.1, 0.15) is 25.3 Å². The lowest BCUT2D eigenvalue weighted by Gasteiger charge is -2.22. The van der Waals surface area contributed by atoms with Gasteiger partial charge in [-0.25, -0.2) is 13.1 Å². The Morgan fingerprint density at radius 1 is 1.32 bits per heavy atom. The van der Waals surface area contributed by atoms with Gasteiger partial charge in [-0.05, 0) is 56.0 Å². The van der Waals surface area contributed by atoms with Crippen LogP contribution in [0.4, 0.5) is 0 Å². The minimum Gasteiger partial charge on any atom is -0.316 e. The van der Waals surface area contributed by atoms with Crippen molar-refractivity contribution in [2.45, 2.75) is 31.1 Å². The molecule has 1 atom stereocenters. The van der Waals surface area contributed by atoms with E-state index in [9.17, 15) is 8.42 Å². The Kier molecular flexibility index (Phi) is 4.96. The van der Waals surface area contributed by atoms with Crippen molar-refractivity contribution in [3.63, 3.8) is 0 Å². The third-order valence-electron chi connectivity index (χ3n) is 3.60. The third-order valence-corrected chi connectivity index (χ3v) is 5.04. The fourth-order valence-corrected chi connectivity index (χ4v) is 3.43. The highest BCUT2D eigenvalue weighted by Crippen LogP contribution is 2.13. The van der Waals surface area contributed by atoms with Crippen LogP contribution in [0.25, 0.3) is 0 Å². The van der Waals surface area contributed by atoms with Gasteiger partial charge in [-0.2, -0.15) is 0 Å². The zero-order valence-electron chi connectivity index (χ0n) is 11.4. The molecule has 1 fully saturated rings. The molecule has 1 aliphatic rings. The van der Waals surface area contributed by atoms with Crippen LogP contribution in [-0.4, -0.2) is 28.1 Å². The summed E-state index contributed by atoms with van der Waals surface area (Å²) in [6.07, 6.45) is 3.13. The molecule has 1 aromatic carbocycles. The summed E-state index contributed by atoms with van der Waals surface area (Å²) in [7, 11) is -3.36. The molecule has 0 spiro atoms. The van der Waals surface area contributed by atoms with Gasteiger partial charge in [0.2, 0.25) is 10.0 Å². The van der Waals surface area contributed by atoms with Gasteiger partial charge in [0.05, 0.1) is 4.90 Å². The molecule has 106 valence electrons. The Hall–Kier alpha value is -0.910. The summed E-state index contributed by atoms with van der Waals surface area (Å²) >= 11 is 0. The lowest BCUT2D eigenvalue weighted by molar-refractivity contribution is 0.376. The Morgan fingerprint density at radius 2 is 2.05 bits per heavy atom. The van der Waals surface area contributed by atoms with E-state index in [0.717, 1.165) is 37.9 Å². The van der Waals surface area contributed by atoms with Crippen LogP contribution in [0.15, 0.2) is 29.2 Å². The predicted molar refractivity (Wildman–Crippen MR) is 76.6 cm³/mol. The van der Waals surface area contributed by atoms with Crippen LogP contribution in [0.3, 0.4) is 0 Å². The maximum absolute atomic E-state index is 12.1. The lowest BCUT2D eigenvalue weighted by atomic mass is 10.0. The van der Waals surface area contributed by atoms with Crippen molar-refractivity contribution in [1.29, 1.82) is 0 Å². The van der Waals surface area contributed by atoms with E-state index < -0.39 is 10.0 Å². The van der Waals surface area contributed by atoms with Crippen LogP contribution in [0.5, 0.6) is 0 Å². The van der Waals surface area contributed by atoms with E-state index in [2.05, 4.69) is 17.0 Å². The van der Waals surface area contributed by atoms with E-state index in [1.165, 1.54) is 0 Å². The molecule has 1 aromatic rings. The molecule has 1 unspecified atom stereocenters. The van der Waals surface area contributed by atoms with Gasteiger partial charge in [0, 0.05) is 6.54 Å². The van der Waals surface area contributed by atoms with Crippen LogP contribution < -0.4 is 10.0 Å². The van der Waals surface area contributed by atoms with Crippen molar-refractivity contribution in [1.82, 2.24) is 10.0 Å². The molecule has 19 heavy (non-hydrogen) atoms. The van der Waals surface area contributed by atoms with E-state index >= 15 is 0 Å². The van der Waals surface area contributed by atoms with Crippen molar-refractivity contribution in [2.24, 2.45) is 5.92 Å². The van der Waals surface area contributed by atoms with Gasteiger partial charge >= 0.3 is 0 Å². The maximum atomic E-state index is 12.1. The molecule has 5 heteroatoms. The van der Waals surface area contributed by atoms with E-state index in [-0.39, 0.29) is 0 Å². The Morgan fingerprint density at radius 3 is 2.63 bits per heavy atom. The van der Waals surface area contributed by atoms with E-state index in [0.29, 0.717) is 17.4 Å². The van der Waals surface area contributed by atoms with Crippen LogP contribution in [0, 0.1) is 5.92 Å². The average Bonchev–Trinajstić information content (AvgIpc) is 2.46. The van der Waals surface area contributed by atoms with Crippen molar-refractivity contribution < 1.29 is 8.42 Å². The number of rotatable bonds is 5. The van der Waals surface area contributed by atoms with Gasteiger partial charge in [-0.1, -0.05) is 19.1 Å². The second-order valence-electron chi connectivity index (χ2n) is 5.06. The smallest absolute Gasteiger partial charge is 0.240 e. The Bertz CT molecular complexity index is 491. The molecule has 0 amide bonds. The van der Waals surface area contributed by atoms with Crippen molar-refractivity contribution in [3.05, 3.63) is 29.8 Å². The van der Waals surface area contributed by atoms with Crippen LogP contribution in [-0.2, 0) is 16.4 Å². The molecule has 0 aliphatic carbocycles. The second kappa shape index (κ2) is 6.50. The monoisotopic (exact) mass is 282 g/mol. The summed E-state index contributed by atoms with van der Waals surface area (Å²) in [5, 5.41) is 3.29. The predicted octanol–water partition coefficient (Wildman–Crippen LogP) is 1.53. The number of piperidine rings is 1. The van der Waals surface area contributed by atoms with Crippen LogP contribution >= 0.6 is 0 Å². The molecule has 4 nitrogen and oxygen atoms in total. The highest BCUT2D eigenvalue weighted by Gasteiger charge is 2.18. The van der Waals surface area contributed by atoms with Crippen molar-refractivity contribution in [3.8, 4) is 0 Å². The second-order valence-corrected chi connectivity index (χ2v) is 6.83. The molecule has 1 aliphatic heterocycles. The zero-order valence-corrected chi connectivity index (χ0v) is 12.2. The van der Waals surface area contributed by atoms with Crippen molar-refractivity contribution >= 4 is 10.0 Å². The number of hydrogen-bond donors (Lipinski definition) is 2. The molecular weight excluding hydrogens is 260 g/mol. The van der Waals surface area contributed by atoms with E-state index in [4.69, 9.17) is 0 Å². The summed E-state index contributed by atoms with van der Waals surface area (Å²) in [4.78, 5) is 0.355. The molecule has 2 N–H and O–H groups in total. The SMILES string of the molecule is CCc1ccc(S(=O)(=O)NCC2CCCNC2)cc1. The van der Waals surface area contributed by atoms with Gasteiger partial charge in [-0.3, -0.25) is 0 Å². The standard InChI is InChI=1S/C14H22N2O2S/c1-2-12-5-7-14(8-6-12)19(17,18)16-11-13-4-3-9-15-10-13/h5-8,13,15-16H,2-4,9-11H2,1H3.